The van der Waals surface area contributed by atoms with Crippen LogP contribution in [-0.2, 0) is 14.3 Å². The van der Waals surface area contributed by atoms with Crippen LogP contribution in [0.3, 0.4) is 0 Å². The van der Waals surface area contributed by atoms with Crippen LogP contribution in [0.15, 0.2) is 0 Å². The first-order valence-electron chi connectivity index (χ1n) is 4.45. The highest BCUT2D eigenvalue weighted by Crippen LogP contribution is 2.16. The molecule has 0 fully saturated rings. The van der Waals surface area contributed by atoms with E-state index >= 15 is 0 Å². The van der Waals surface area contributed by atoms with Crippen molar-refractivity contribution in [1.29, 1.82) is 0 Å². The van der Waals surface area contributed by atoms with Gasteiger partial charge < -0.3 is 4.74 Å². The minimum atomic E-state index is 0.184. The van der Waals surface area contributed by atoms with Gasteiger partial charge in [-0.25, -0.2) is 0 Å². The smallest absolute Gasteiger partial charge is 0.293 e. The van der Waals surface area contributed by atoms with Crippen molar-refractivity contribution in [1.82, 2.24) is 0 Å². The van der Waals surface area contributed by atoms with Gasteiger partial charge in [0.05, 0.1) is 6.61 Å². The van der Waals surface area contributed by atoms with Gasteiger partial charge in [-0.3, -0.25) is 9.59 Å². The Labute approximate surface area is 83.2 Å². The van der Waals surface area contributed by atoms with Gasteiger partial charge in [0.1, 0.15) is 0 Å². The van der Waals surface area contributed by atoms with Crippen LogP contribution in [0.4, 0.5) is 0 Å². The van der Waals surface area contributed by atoms with Crippen LogP contribution in [0.1, 0.15) is 33.1 Å². The molecule has 0 N–H and O–H groups in total. The van der Waals surface area contributed by atoms with Crippen LogP contribution in [0.2, 0.25) is 0 Å². The molecule has 0 aliphatic carbocycles. The molecule has 0 bridgehead atoms. The van der Waals surface area contributed by atoms with E-state index in [0.717, 1.165) is 6.42 Å². The second kappa shape index (κ2) is 8.10. The largest absolute Gasteiger partial charge is 0.468 e. The van der Waals surface area contributed by atoms with Gasteiger partial charge in [-0.1, -0.05) is 25.6 Å². The summed E-state index contributed by atoms with van der Waals surface area (Å²) in [6, 6.07) is 0. The van der Waals surface area contributed by atoms with Gasteiger partial charge in [0.2, 0.25) is 0 Å². The molecule has 0 aliphatic heterocycles. The number of hydrogen-bond donors (Lipinski definition) is 0. The summed E-state index contributed by atoms with van der Waals surface area (Å²) in [7, 11) is 0. The maximum Gasteiger partial charge on any atom is 0.293 e. The molecule has 4 heteroatoms. The minimum absolute atomic E-state index is 0.184. The van der Waals surface area contributed by atoms with Gasteiger partial charge in [-0.2, -0.15) is 0 Å². The molecule has 3 nitrogen and oxygen atoms in total. The van der Waals surface area contributed by atoms with Crippen molar-refractivity contribution in [2.75, 3.05) is 6.61 Å². The summed E-state index contributed by atoms with van der Waals surface area (Å²) in [5.41, 5.74) is 0. The lowest BCUT2D eigenvalue weighted by atomic mass is 10.3. The van der Waals surface area contributed by atoms with E-state index in [4.69, 9.17) is 0 Å². The standard InChI is InChI=1S/C9H16O3S/c1-3-8(2)13-9(11)5-4-6-12-7-10/h7-8H,3-6H2,1-2H3. The molecule has 76 valence electrons. The quantitative estimate of drug-likeness (QED) is 0.470. The molecule has 0 saturated carbocycles. The summed E-state index contributed by atoms with van der Waals surface area (Å²) in [6.07, 6.45) is 2.12. The van der Waals surface area contributed by atoms with Crippen molar-refractivity contribution in [3.05, 3.63) is 0 Å². The predicted octanol–water partition coefficient (Wildman–Crippen LogP) is 2.00. The topological polar surface area (TPSA) is 43.4 Å². The van der Waals surface area contributed by atoms with Crippen LogP contribution < -0.4 is 0 Å². The average Bonchev–Trinajstić information content (AvgIpc) is 2.12. The first-order valence-corrected chi connectivity index (χ1v) is 5.33. The zero-order chi connectivity index (χ0) is 10.1. The van der Waals surface area contributed by atoms with Gasteiger partial charge in [0, 0.05) is 11.7 Å². The van der Waals surface area contributed by atoms with E-state index in [0.29, 0.717) is 31.2 Å². The predicted molar refractivity (Wildman–Crippen MR) is 53.6 cm³/mol. The van der Waals surface area contributed by atoms with Crippen LogP contribution in [-0.4, -0.2) is 23.4 Å². The van der Waals surface area contributed by atoms with Crippen molar-refractivity contribution in [2.45, 2.75) is 38.4 Å². The van der Waals surface area contributed by atoms with E-state index in [1.54, 1.807) is 0 Å². The highest BCUT2D eigenvalue weighted by Gasteiger charge is 2.07. The number of hydrogen-bond acceptors (Lipinski definition) is 4. The maximum atomic E-state index is 11.2. The monoisotopic (exact) mass is 204 g/mol. The molecule has 0 heterocycles. The third-order valence-corrected chi connectivity index (χ3v) is 2.82. The lowest BCUT2D eigenvalue weighted by Gasteiger charge is -2.05. The Balaban J connectivity index is 3.35. The third kappa shape index (κ3) is 7.84. The van der Waals surface area contributed by atoms with Crippen molar-refractivity contribution >= 4 is 23.3 Å². The van der Waals surface area contributed by atoms with Crippen molar-refractivity contribution in [3.8, 4) is 0 Å². The number of rotatable bonds is 7. The summed E-state index contributed by atoms with van der Waals surface area (Å²) in [4.78, 5) is 21.0. The summed E-state index contributed by atoms with van der Waals surface area (Å²) in [6.45, 7) is 4.84. The molecule has 1 unspecified atom stereocenters. The van der Waals surface area contributed by atoms with Crippen molar-refractivity contribution in [3.63, 3.8) is 0 Å². The molecule has 0 amide bonds. The van der Waals surface area contributed by atoms with Gasteiger partial charge in [0.15, 0.2) is 5.12 Å². The average molecular weight is 204 g/mol. The lowest BCUT2D eigenvalue weighted by Crippen LogP contribution is -2.02. The van der Waals surface area contributed by atoms with Gasteiger partial charge in [-0.15, -0.1) is 0 Å². The molecular formula is C9H16O3S. The molecule has 1 atom stereocenters. The van der Waals surface area contributed by atoms with Crippen molar-refractivity contribution in [2.24, 2.45) is 0 Å². The van der Waals surface area contributed by atoms with Crippen LogP contribution >= 0.6 is 11.8 Å². The van der Waals surface area contributed by atoms with E-state index in [1.165, 1.54) is 11.8 Å². The molecule has 0 aromatic carbocycles. The van der Waals surface area contributed by atoms with Crippen molar-refractivity contribution < 1.29 is 14.3 Å². The molecule has 0 radical (unpaired) electrons. The van der Waals surface area contributed by atoms with Gasteiger partial charge in [0.25, 0.3) is 6.47 Å². The third-order valence-electron chi connectivity index (χ3n) is 1.62. The van der Waals surface area contributed by atoms with E-state index < -0.39 is 0 Å². The van der Waals surface area contributed by atoms with Gasteiger partial charge >= 0.3 is 0 Å². The second-order valence-corrected chi connectivity index (χ2v) is 4.28. The second-order valence-electron chi connectivity index (χ2n) is 2.78. The van der Waals surface area contributed by atoms with Crippen LogP contribution in [0, 0.1) is 0 Å². The number of carbonyl (C=O) groups excluding carboxylic acids is 2. The molecular weight excluding hydrogens is 188 g/mol. The summed E-state index contributed by atoms with van der Waals surface area (Å²) < 4.78 is 4.47. The van der Waals surface area contributed by atoms with Crippen LogP contribution in [0.25, 0.3) is 0 Å². The zero-order valence-electron chi connectivity index (χ0n) is 8.12. The summed E-state index contributed by atoms with van der Waals surface area (Å²) in [5, 5.41) is 0.573. The molecule has 13 heavy (non-hydrogen) atoms. The van der Waals surface area contributed by atoms with E-state index in [2.05, 4.69) is 11.7 Å². The molecule has 0 aliphatic rings. The highest BCUT2D eigenvalue weighted by molar-refractivity contribution is 8.14. The Hall–Kier alpha value is -0.510. The molecule has 0 saturated heterocycles. The maximum absolute atomic E-state index is 11.2. The number of ether oxygens (including phenoxy) is 1. The molecule has 0 rings (SSSR count). The number of carbonyl (C=O) groups is 2. The van der Waals surface area contributed by atoms with E-state index in [1.807, 2.05) is 6.92 Å². The van der Waals surface area contributed by atoms with E-state index in [-0.39, 0.29) is 5.12 Å². The lowest BCUT2D eigenvalue weighted by molar-refractivity contribution is -0.129. The molecule has 0 aromatic heterocycles. The van der Waals surface area contributed by atoms with Gasteiger partial charge in [-0.05, 0) is 12.8 Å². The minimum Gasteiger partial charge on any atom is -0.468 e. The SMILES string of the molecule is CCC(C)SC(=O)CCCOC=O. The Morgan fingerprint density at radius 1 is 1.62 bits per heavy atom. The Kier molecular flexibility index (Phi) is 7.79. The fraction of sp³-hybridized carbons (Fsp3) is 0.778. The highest BCUT2D eigenvalue weighted by atomic mass is 32.2. The Morgan fingerprint density at radius 2 is 2.31 bits per heavy atom. The zero-order valence-corrected chi connectivity index (χ0v) is 8.93. The Bertz CT molecular complexity index is 159. The first-order chi connectivity index (χ1) is 6.20. The molecule has 0 aromatic rings. The van der Waals surface area contributed by atoms with E-state index in [9.17, 15) is 9.59 Å². The molecule has 0 spiro atoms. The van der Waals surface area contributed by atoms with Crippen LogP contribution in [0.5, 0.6) is 0 Å². The first kappa shape index (κ1) is 12.5. The summed E-state index contributed by atoms with van der Waals surface area (Å²) in [5.74, 6) is 0. The fourth-order valence-electron chi connectivity index (χ4n) is 0.715. The normalized spacial score (nSPS) is 12.2. The number of thioether (sulfide) groups is 1. The fourth-order valence-corrected chi connectivity index (χ4v) is 1.59. The Morgan fingerprint density at radius 3 is 2.85 bits per heavy atom. The summed E-state index contributed by atoms with van der Waals surface area (Å²) >= 11 is 1.37.